The van der Waals surface area contributed by atoms with E-state index in [0.717, 1.165) is 0 Å². The van der Waals surface area contributed by atoms with Gasteiger partial charge in [-0.1, -0.05) is 54.6 Å². The molecule has 0 bridgehead atoms. The van der Waals surface area contributed by atoms with Gasteiger partial charge < -0.3 is 4.55 Å². The van der Waals surface area contributed by atoms with Gasteiger partial charge in [-0.2, -0.15) is 0 Å². The molecule has 3 aromatic rings. The van der Waals surface area contributed by atoms with Crippen LogP contribution in [0.5, 0.6) is 0 Å². The van der Waals surface area contributed by atoms with Crippen LogP contribution >= 0.6 is 6.46 Å². The normalized spacial score (nSPS) is 11.5. The second kappa shape index (κ2) is 8.34. The molecule has 3 rings (SSSR count). The summed E-state index contributed by atoms with van der Waals surface area (Å²) in [6.45, 7) is -3.32. The predicted molar refractivity (Wildman–Crippen MR) is 94.8 cm³/mol. The third-order valence-electron chi connectivity index (χ3n) is 3.69. The van der Waals surface area contributed by atoms with E-state index in [1.807, 2.05) is 18.2 Å². The van der Waals surface area contributed by atoms with Crippen molar-refractivity contribution in [3.8, 4) is 0 Å². The van der Waals surface area contributed by atoms with Crippen molar-refractivity contribution in [2.24, 2.45) is 0 Å². The van der Waals surface area contributed by atoms with Gasteiger partial charge in [0, 0.05) is 0 Å². The molecule has 0 saturated carbocycles. The molecule has 3 aromatic carbocycles. The molecule has 0 spiro atoms. The Balaban J connectivity index is 0.00000208. The molecule has 3 nitrogen and oxygen atoms in total. The maximum Gasteiger partial charge on any atom is 1.00 e. The van der Waals surface area contributed by atoms with Crippen molar-refractivity contribution in [2.45, 2.75) is 0 Å². The molecule has 0 amide bonds. The molecular weight excluding hydrogens is 366 g/mol. The fourth-order valence-electron chi connectivity index (χ4n) is 2.75. The van der Waals surface area contributed by atoms with Crippen molar-refractivity contribution in [3.05, 3.63) is 91.0 Å². The minimum absolute atomic E-state index is 0. The van der Waals surface area contributed by atoms with Crippen molar-refractivity contribution in [1.82, 2.24) is 0 Å². The van der Waals surface area contributed by atoms with Gasteiger partial charge in [0.05, 0.1) is 0 Å². The Morgan fingerprint density at radius 1 is 0.583 bits per heavy atom. The summed E-state index contributed by atoms with van der Waals surface area (Å²) in [7, 11) is -4.62. The molecule has 0 aliphatic rings. The van der Waals surface area contributed by atoms with E-state index in [9.17, 15) is 13.0 Å². The first-order chi connectivity index (χ1) is 11.1. The van der Waals surface area contributed by atoms with Crippen LogP contribution in [0.2, 0.25) is 0 Å². The first kappa shape index (κ1) is 20.0. The monoisotopic (exact) mass is 381 g/mol. The van der Waals surface area contributed by atoms with Crippen molar-refractivity contribution < 1.29 is 64.4 Å². The van der Waals surface area contributed by atoms with Gasteiger partial charge in [0.15, 0.2) is 0 Å². The number of benzene rings is 3. The molecular formula is C18H15KO3PS+. The maximum atomic E-state index is 12.5. The first-order valence-electron chi connectivity index (χ1n) is 7.09. The van der Waals surface area contributed by atoms with E-state index in [0.29, 0.717) is 15.9 Å². The van der Waals surface area contributed by atoms with Gasteiger partial charge in [0.25, 0.3) is 0 Å². The fraction of sp³-hybridized carbons (Fsp3) is 0. The molecule has 0 aromatic heterocycles. The minimum atomic E-state index is -4.62. The average molecular weight is 381 g/mol. The van der Waals surface area contributed by atoms with E-state index in [4.69, 9.17) is 0 Å². The largest absolute Gasteiger partial charge is 1.00 e. The topological polar surface area (TPSA) is 57.2 Å². The molecule has 0 aliphatic carbocycles. The SMILES string of the molecule is O=S(=O)([O-])[P+](c1ccccc1)(c1ccccc1)c1ccccc1.[K+]. The molecule has 0 atom stereocenters. The van der Waals surface area contributed by atoms with Crippen LogP contribution in [0.1, 0.15) is 0 Å². The van der Waals surface area contributed by atoms with E-state index >= 15 is 0 Å². The van der Waals surface area contributed by atoms with Crippen LogP contribution in [0, 0.1) is 0 Å². The van der Waals surface area contributed by atoms with Crippen LogP contribution in [-0.2, 0) is 9.74 Å². The van der Waals surface area contributed by atoms with Gasteiger partial charge in [0.2, 0.25) is 16.2 Å². The summed E-state index contributed by atoms with van der Waals surface area (Å²) in [5.74, 6) is 0. The molecule has 0 saturated heterocycles. The third kappa shape index (κ3) is 3.59. The Hall–Kier alpha value is -0.364. The predicted octanol–water partition coefficient (Wildman–Crippen LogP) is -0.555. The Labute approximate surface area is 185 Å². The van der Waals surface area contributed by atoms with Crippen molar-refractivity contribution >= 4 is 32.1 Å². The summed E-state index contributed by atoms with van der Waals surface area (Å²) >= 11 is 0. The first-order valence-corrected chi connectivity index (χ1v) is 10.9. The van der Waals surface area contributed by atoms with Gasteiger partial charge in [0.1, 0.15) is 15.9 Å². The average Bonchev–Trinajstić information content (AvgIpc) is 2.57. The molecule has 6 heteroatoms. The van der Waals surface area contributed by atoms with Gasteiger partial charge in [-0.15, -0.1) is 0 Å². The fourth-order valence-corrected chi connectivity index (χ4v) is 9.61. The zero-order valence-corrected chi connectivity index (χ0v) is 18.1. The van der Waals surface area contributed by atoms with Crippen LogP contribution in [0.25, 0.3) is 0 Å². The van der Waals surface area contributed by atoms with Gasteiger partial charge in [-0.05, 0) is 36.4 Å². The van der Waals surface area contributed by atoms with E-state index in [-0.39, 0.29) is 51.4 Å². The van der Waals surface area contributed by atoms with Crippen LogP contribution in [0.4, 0.5) is 0 Å². The minimum Gasteiger partial charge on any atom is -0.716 e. The van der Waals surface area contributed by atoms with E-state index in [1.165, 1.54) is 0 Å². The number of hydrogen-bond donors (Lipinski definition) is 0. The molecule has 0 aliphatic heterocycles. The van der Waals surface area contributed by atoms with Crippen LogP contribution in [0.15, 0.2) is 91.0 Å². The van der Waals surface area contributed by atoms with Crippen LogP contribution in [0.3, 0.4) is 0 Å². The van der Waals surface area contributed by atoms with Gasteiger partial charge in [-0.3, -0.25) is 0 Å². The molecule has 0 radical (unpaired) electrons. The quantitative estimate of drug-likeness (QED) is 0.346. The molecule has 0 unspecified atom stereocenters. The smallest absolute Gasteiger partial charge is 0.716 e. The summed E-state index contributed by atoms with van der Waals surface area (Å²) in [6, 6.07) is 26.4. The zero-order chi connectivity index (χ0) is 16.3. The van der Waals surface area contributed by atoms with Gasteiger partial charge >= 0.3 is 51.4 Å². The van der Waals surface area contributed by atoms with E-state index < -0.39 is 16.2 Å². The van der Waals surface area contributed by atoms with Crippen molar-refractivity contribution in [1.29, 1.82) is 0 Å². The van der Waals surface area contributed by atoms with Crippen molar-refractivity contribution in [2.75, 3.05) is 0 Å². The Morgan fingerprint density at radius 2 is 0.833 bits per heavy atom. The molecule has 24 heavy (non-hydrogen) atoms. The standard InChI is InChI=1S/C18H15O3PS.K/c19-23(20,21)22(16-10-4-1-5-11-16,17-12-6-2-7-13-17)18-14-8-3-9-15-18;/h1-15H;/q;+1. The molecule has 116 valence electrons. The Kier molecular flexibility index (Phi) is 6.94. The second-order valence-electron chi connectivity index (χ2n) is 5.04. The summed E-state index contributed by atoms with van der Waals surface area (Å²) in [5, 5.41) is 1.65. The van der Waals surface area contributed by atoms with Gasteiger partial charge in [-0.25, -0.2) is 8.42 Å². The number of rotatable bonds is 4. The van der Waals surface area contributed by atoms with Crippen LogP contribution in [-0.4, -0.2) is 13.0 Å². The summed E-state index contributed by atoms with van der Waals surface area (Å²) in [4.78, 5) is 0. The van der Waals surface area contributed by atoms with Crippen LogP contribution < -0.4 is 67.3 Å². The number of hydrogen-bond acceptors (Lipinski definition) is 3. The molecule has 0 fully saturated rings. The van der Waals surface area contributed by atoms with E-state index in [2.05, 4.69) is 0 Å². The summed E-state index contributed by atoms with van der Waals surface area (Å²) < 4.78 is 37.6. The summed E-state index contributed by atoms with van der Waals surface area (Å²) in [6.07, 6.45) is 0. The zero-order valence-electron chi connectivity index (χ0n) is 13.2. The Morgan fingerprint density at radius 3 is 1.04 bits per heavy atom. The van der Waals surface area contributed by atoms with Crippen molar-refractivity contribution in [3.63, 3.8) is 0 Å². The molecule has 0 N–H and O–H groups in total. The third-order valence-corrected chi connectivity index (χ3v) is 11.4. The second-order valence-corrected chi connectivity index (χ2v) is 11.7. The van der Waals surface area contributed by atoms with E-state index in [1.54, 1.807) is 72.8 Å². The maximum absolute atomic E-state index is 12.5. The summed E-state index contributed by atoms with van der Waals surface area (Å²) in [5.41, 5.74) is 0. The molecule has 0 heterocycles. The Bertz CT molecular complexity index is 789.